The maximum atomic E-state index is 12.5. The first-order valence-corrected chi connectivity index (χ1v) is 4.29. The van der Waals surface area contributed by atoms with Gasteiger partial charge in [-0.2, -0.15) is 0 Å². The van der Waals surface area contributed by atoms with Crippen molar-refractivity contribution in [3.05, 3.63) is 22.9 Å². The second kappa shape index (κ2) is 4.99. The van der Waals surface area contributed by atoms with E-state index in [9.17, 15) is 8.78 Å². The van der Waals surface area contributed by atoms with Gasteiger partial charge in [-0.05, 0) is 5.56 Å². The van der Waals surface area contributed by atoms with Crippen LogP contribution in [0.15, 0.2) is 6.20 Å². The molecular formula is C9H12F2N2O2. The molecule has 0 spiro atoms. The van der Waals surface area contributed by atoms with Crippen LogP contribution in [-0.4, -0.2) is 17.2 Å². The molecule has 0 amide bonds. The Morgan fingerprint density at radius 2 is 2.20 bits per heavy atom. The number of hydrogen-bond donors (Lipinski definition) is 2. The molecular weight excluding hydrogens is 206 g/mol. The molecule has 0 atom stereocenters. The van der Waals surface area contributed by atoms with E-state index in [1.165, 1.54) is 7.11 Å². The summed E-state index contributed by atoms with van der Waals surface area (Å²) >= 11 is 0. The van der Waals surface area contributed by atoms with Crippen molar-refractivity contribution in [2.45, 2.75) is 19.6 Å². The molecule has 0 saturated heterocycles. The summed E-state index contributed by atoms with van der Waals surface area (Å²) in [6.07, 6.45) is -1.69. The van der Waals surface area contributed by atoms with E-state index in [0.29, 0.717) is 5.56 Å². The van der Waals surface area contributed by atoms with E-state index < -0.39 is 13.0 Å². The highest BCUT2D eigenvalue weighted by atomic mass is 19.3. The number of nitrogens with zero attached hydrogens (tertiary/aromatic N) is 1. The van der Waals surface area contributed by atoms with Gasteiger partial charge in [-0.15, -0.1) is 0 Å². The van der Waals surface area contributed by atoms with Crippen molar-refractivity contribution in [2.75, 3.05) is 7.11 Å². The number of pyridine rings is 1. The molecule has 4 nitrogen and oxygen atoms in total. The van der Waals surface area contributed by atoms with Gasteiger partial charge in [0, 0.05) is 23.9 Å². The Labute approximate surface area is 85.7 Å². The number of alkyl halides is 2. The smallest absolute Gasteiger partial charge is 0.265 e. The first kappa shape index (κ1) is 11.8. The van der Waals surface area contributed by atoms with E-state index in [-0.39, 0.29) is 23.6 Å². The van der Waals surface area contributed by atoms with Crippen molar-refractivity contribution in [1.82, 2.24) is 4.98 Å². The SMILES string of the molecule is COc1ncc(C(F)F)c(CO)c1CN. The van der Waals surface area contributed by atoms with E-state index >= 15 is 0 Å². The van der Waals surface area contributed by atoms with Gasteiger partial charge < -0.3 is 15.6 Å². The van der Waals surface area contributed by atoms with Crippen molar-refractivity contribution in [2.24, 2.45) is 5.73 Å². The number of nitrogens with two attached hydrogens (primary N) is 1. The van der Waals surface area contributed by atoms with E-state index in [0.717, 1.165) is 6.20 Å². The van der Waals surface area contributed by atoms with Gasteiger partial charge in [0.15, 0.2) is 0 Å². The average Bonchev–Trinajstić information content (AvgIpc) is 2.26. The minimum Gasteiger partial charge on any atom is -0.481 e. The van der Waals surface area contributed by atoms with Gasteiger partial charge in [-0.25, -0.2) is 13.8 Å². The minimum absolute atomic E-state index is 0.00731. The van der Waals surface area contributed by atoms with Crippen LogP contribution in [0.1, 0.15) is 23.1 Å². The molecule has 6 heteroatoms. The molecule has 3 N–H and O–H groups in total. The second-order valence-corrected chi connectivity index (χ2v) is 2.84. The molecule has 1 aromatic rings. The zero-order valence-corrected chi connectivity index (χ0v) is 8.20. The lowest BCUT2D eigenvalue weighted by molar-refractivity contribution is 0.146. The molecule has 15 heavy (non-hydrogen) atoms. The molecule has 0 radical (unpaired) electrons. The van der Waals surface area contributed by atoms with Crippen LogP contribution in [-0.2, 0) is 13.2 Å². The highest BCUT2D eigenvalue weighted by Gasteiger charge is 2.19. The molecule has 1 rings (SSSR count). The second-order valence-electron chi connectivity index (χ2n) is 2.84. The van der Waals surface area contributed by atoms with Gasteiger partial charge in [0.2, 0.25) is 5.88 Å². The van der Waals surface area contributed by atoms with Gasteiger partial charge in [-0.3, -0.25) is 0 Å². The summed E-state index contributed by atoms with van der Waals surface area (Å²) in [4.78, 5) is 3.70. The average molecular weight is 218 g/mol. The van der Waals surface area contributed by atoms with Gasteiger partial charge in [0.1, 0.15) is 0 Å². The highest BCUT2D eigenvalue weighted by Crippen LogP contribution is 2.29. The highest BCUT2D eigenvalue weighted by molar-refractivity contribution is 5.40. The topological polar surface area (TPSA) is 68.4 Å². The van der Waals surface area contributed by atoms with E-state index in [1.54, 1.807) is 0 Å². The van der Waals surface area contributed by atoms with Crippen LogP contribution in [0.2, 0.25) is 0 Å². The Kier molecular flexibility index (Phi) is 3.93. The molecule has 0 saturated carbocycles. The van der Waals surface area contributed by atoms with Crippen molar-refractivity contribution >= 4 is 0 Å². The summed E-state index contributed by atoms with van der Waals surface area (Å²) < 4.78 is 29.9. The molecule has 1 heterocycles. The summed E-state index contributed by atoms with van der Waals surface area (Å²) in [5.41, 5.74) is 5.50. The summed E-state index contributed by atoms with van der Waals surface area (Å²) in [6, 6.07) is 0. The first-order chi connectivity index (χ1) is 7.15. The van der Waals surface area contributed by atoms with Crippen molar-refractivity contribution in [3.63, 3.8) is 0 Å². The fourth-order valence-electron chi connectivity index (χ4n) is 1.35. The van der Waals surface area contributed by atoms with E-state index in [4.69, 9.17) is 15.6 Å². The molecule has 1 aromatic heterocycles. The quantitative estimate of drug-likeness (QED) is 0.790. The summed E-state index contributed by atoms with van der Waals surface area (Å²) in [6.45, 7) is -0.516. The molecule has 0 aliphatic rings. The number of rotatable bonds is 4. The molecule has 0 aliphatic heterocycles. The third kappa shape index (κ3) is 2.21. The Morgan fingerprint density at radius 3 is 2.60 bits per heavy atom. The van der Waals surface area contributed by atoms with Gasteiger partial charge in [0.05, 0.1) is 13.7 Å². The van der Waals surface area contributed by atoms with Gasteiger partial charge >= 0.3 is 0 Å². The third-order valence-electron chi connectivity index (χ3n) is 2.08. The van der Waals surface area contributed by atoms with Crippen LogP contribution in [0.5, 0.6) is 5.88 Å². The number of aliphatic hydroxyl groups is 1. The van der Waals surface area contributed by atoms with Gasteiger partial charge in [0.25, 0.3) is 6.43 Å². The van der Waals surface area contributed by atoms with Crippen LogP contribution < -0.4 is 10.5 Å². The summed E-state index contributed by atoms with van der Waals surface area (Å²) in [5.74, 6) is 0.172. The van der Waals surface area contributed by atoms with E-state index in [1.807, 2.05) is 0 Å². The molecule has 0 aliphatic carbocycles. The molecule has 84 valence electrons. The maximum absolute atomic E-state index is 12.5. The van der Waals surface area contributed by atoms with Crippen molar-refractivity contribution in [3.8, 4) is 5.88 Å². The number of halogens is 2. The number of aromatic nitrogens is 1. The number of hydrogen-bond acceptors (Lipinski definition) is 4. The Balaban J connectivity index is 3.34. The lowest BCUT2D eigenvalue weighted by Gasteiger charge is -2.13. The lowest BCUT2D eigenvalue weighted by atomic mass is 10.0. The number of methoxy groups -OCH3 is 1. The van der Waals surface area contributed by atoms with Crippen molar-refractivity contribution in [1.29, 1.82) is 0 Å². The third-order valence-corrected chi connectivity index (χ3v) is 2.08. The summed E-state index contributed by atoms with van der Waals surface area (Å²) in [5, 5.41) is 9.03. The minimum atomic E-state index is -2.68. The normalized spacial score (nSPS) is 10.8. The van der Waals surface area contributed by atoms with Crippen LogP contribution >= 0.6 is 0 Å². The Hall–Kier alpha value is -1.27. The van der Waals surface area contributed by atoms with Crippen LogP contribution in [0.25, 0.3) is 0 Å². The van der Waals surface area contributed by atoms with Crippen LogP contribution in [0, 0.1) is 0 Å². The standard InChI is InChI=1S/C9H12F2N2O2/c1-15-9-5(2-12)7(4-14)6(3-13-9)8(10)11/h3,8,14H,2,4,12H2,1H3. The van der Waals surface area contributed by atoms with Crippen LogP contribution in [0.3, 0.4) is 0 Å². The molecule has 0 unspecified atom stereocenters. The predicted octanol–water partition coefficient (Wildman–Crippen LogP) is 0.979. The maximum Gasteiger partial charge on any atom is 0.265 e. The van der Waals surface area contributed by atoms with Crippen LogP contribution in [0.4, 0.5) is 8.78 Å². The molecule has 0 fully saturated rings. The van der Waals surface area contributed by atoms with Gasteiger partial charge in [-0.1, -0.05) is 0 Å². The molecule has 0 bridgehead atoms. The number of ether oxygens (including phenoxy) is 1. The zero-order valence-electron chi connectivity index (χ0n) is 8.20. The monoisotopic (exact) mass is 218 g/mol. The first-order valence-electron chi connectivity index (χ1n) is 4.29. The Morgan fingerprint density at radius 1 is 1.53 bits per heavy atom. The summed E-state index contributed by atoms with van der Waals surface area (Å²) in [7, 11) is 1.37. The fraction of sp³-hybridized carbons (Fsp3) is 0.444. The molecule has 0 aromatic carbocycles. The largest absolute Gasteiger partial charge is 0.481 e. The Bertz CT molecular complexity index is 345. The predicted molar refractivity (Wildman–Crippen MR) is 49.6 cm³/mol. The van der Waals surface area contributed by atoms with Crippen molar-refractivity contribution < 1.29 is 18.6 Å². The number of aliphatic hydroxyl groups excluding tert-OH is 1. The van der Waals surface area contributed by atoms with E-state index in [2.05, 4.69) is 4.98 Å². The lowest BCUT2D eigenvalue weighted by Crippen LogP contribution is -2.09. The fourth-order valence-corrected chi connectivity index (χ4v) is 1.35. The zero-order chi connectivity index (χ0) is 11.4.